The second-order valence-electron chi connectivity index (χ2n) is 8.10. The van der Waals surface area contributed by atoms with Crippen molar-refractivity contribution in [3.05, 3.63) is 71.0 Å². The van der Waals surface area contributed by atoms with Crippen LogP contribution in [0.2, 0.25) is 0 Å². The molecule has 1 amide bonds. The van der Waals surface area contributed by atoms with Gasteiger partial charge in [-0.3, -0.25) is 14.5 Å². The number of benzene rings is 2. The van der Waals surface area contributed by atoms with Gasteiger partial charge in [0.25, 0.3) is 5.91 Å². The largest absolute Gasteiger partial charge is 0.503 e. The van der Waals surface area contributed by atoms with Gasteiger partial charge in [-0.2, -0.15) is 0 Å². The second-order valence-corrected chi connectivity index (χ2v) is 8.10. The Morgan fingerprint density at radius 3 is 2.13 bits per heavy atom. The summed E-state index contributed by atoms with van der Waals surface area (Å²) in [5, 5.41) is 10.6. The number of carbonyl (C=O) groups excluding carboxylic acids is 2. The molecule has 2 aromatic rings. The van der Waals surface area contributed by atoms with Crippen LogP contribution >= 0.6 is 0 Å². The van der Waals surface area contributed by atoms with E-state index in [-0.39, 0.29) is 23.9 Å². The van der Waals surface area contributed by atoms with Crippen LogP contribution in [0.1, 0.15) is 64.1 Å². The molecule has 2 aromatic carbocycles. The van der Waals surface area contributed by atoms with Crippen molar-refractivity contribution < 1.29 is 19.4 Å². The Kier molecular flexibility index (Phi) is 6.30. The molecule has 1 aliphatic heterocycles. The van der Waals surface area contributed by atoms with Crippen LogP contribution in [0.3, 0.4) is 0 Å². The lowest BCUT2D eigenvalue weighted by molar-refractivity contribution is -0.118. The molecule has 158 valence electrons. The minimum Gasteiger partial charge on any atom is -0.503 e. The van der Waals surface area contributed by atoms with Gasteiger partial charge in [-0.15, -0.1) is 0 Å². The summed E-state index contributed by atoms with van der Waals surface area (Å²) in [6, 6.07) is 14.3. The van der Waals surface area contributed by atoms with Crippen molar-refractivity contribution in [1.29, 1.82) is 0 Å². The first-order valence-electron chi connectivity index (χ1n) is 10.4. The predicted octanol–water partition coefficient (Wildman–Crippen LogP) is 5.48. The molecule has 0 fully saturated rings. The molecule has 5 nitrogen and oxygen atoms in total. The molecule has 1 aliphatic rings. The number of aliphatic hydroxyl groups is 1. The van der Waals surface area contributed by atoms with Crippen LogP contribution in [0.4, 0.5) is 5.69 Å². The molecule has 0 saturated heterocycles. The van der Waals surface area contributed by atoms with Gasteiger partial charge in [-0.1, -0.05) is 45.0 Å². The number of Topliss-reactive ketones (excluding diaryl/α,β-unsaturated/α-hetero) is 1. The van der Waals surface area contributed by atoms with Gasteiger partial charge in [0.05, 0.1) is 17.7 Å². The Bertz CT molecular complexity index is 956. The fourth-order valence-corrected chi connectivity index (χ4v) is 3.68. The van der Waals surface area contributed by atoms with Crippen LogP contribution in [0.5, 0.6) is 5.75 Å². The van der Waals surface area contributed by atoms with Crippen molar-refractivity contribution in [3.8, 4) is 5.75 Å². The zero-order valence-electron chi connectivity index (χ0n) is 18.2. The van der Waals surface area contributed by atoms with Gasteiger partial charge in [0, 0.05) is 12.1 Å². The lowest BCUT2D eigenvalue weighted by Crippen LogP contribution is -2.31. The summed E-state index contributed by atoms with van der Waals surface area (Å²) in [5.74, 6) is -0.197. The van der Waals surface area contributed by atoms with Gasteiger partial charge in [-0.25, -0.2) is 0 Å². The predicted molar refractivity (Wildman–Crippen MR) is 118 cm³/mol. The number of carbonyl (C=O) groups is 2. The second kappa shape index (κ2) is 8.74. The molecule has 3 rings (SSSR count). The average Bonchev–Trinajstić information content (AvgIpc) is 2.98. The fourth-order valence-electron chi connectivity index (χ4n) is 3.68. The summed E-state index contributed by atoms with van der Waals surface area (Å²) in [6.07, 6.45) is 0.249. The number of hydrogen-bond donors (Lipinski definition) is 1. The number of hydrogen-bond acceptors (Lipinski definition) is 4. The first kappa shape index (κ1) is 21.6. The standard InChI is InChI=1S/C25H29NO4/c1-6-21(27)22-23(18-9-13-20(14-10-18)30-16(4)5)26(25(29)24(22)28)19-11-7-17(8-12-19)15(2)3/h7-16,23,28H,6H2,1-5H3. The van der Waals surface area contributed by atoms with Crippen molar-refractivity contribution >= 4 is 17.4 Å². The van der Waals surface area contributed by atoms with E-state index in [4.69, 9.17) is 4.74 Å². The average molecular weight is 408 g/mol. The Morgan fingerprint density at radius 1 is 1.03 bits per heavy atom. The van der Waals surface area contributed by atoms with Gasteiger partial charge in [0.1, 0.15) is 5.75 Å². The van der Waals surface area contributed by atoms with Gasteiger partial charge in [-0.05, 0) is 55.2 Å². The third-order valence-corrected chi connectivity index (χ3v) is 5.24. The number of anilines is 1. The van der Waals surface area contributed by atoms with E-state index in [1.807, 2.05) is 62.4 Å². The number of rotatable bonds is 7. The molecule has 0 radical (unpaired) electrons. The highest BCUT2D eigenvalue weighted by molar-refractivity contribution is 6.16. The Balaban J connectivity index is 2.06. The smallest absolute Gasteiger partial charge is 0.294 e. The minimum absolute atomic E-state index is 0.0426. The van der Waals surface area contributed by atoms with Crippen molar-refractivity contribution in [3.63, 3.8) is 0 Å². The molecular formula is C25H29NO4. The van der Waals surface area contributed by atoms with Gasteiger partial charge < -0.3 is 9.84 Å². The van der Waals surface area contributed by atoms with Crippen molar-refractivity contribution in [2.24, 2.45) is 0 Å². The monoisotopic (exact) mass is 407 g/mol. The first-order valence-corrected chi connectivity index (χ1v) is 10.4. The third-order valence-electron chi connectivity index (χ3n) is 5.24. The molecule has 5 heteroatoms. The van der Waals surface area contributed by atoms with Crippen molar-refractivity contribution in [2.45, 2.75) is 59.1 Å². The van der Waals surface area contributed by atoms with E-state index in [2.05, 4.69) is 13.8 Å². The molecule has 1 unspecified atom stereocenters. The van der Waals surface area contributed by atoms with Crippen molar-refractivity contribution in [2.75, 3.05) is 4.90 Å². The molecule has 0 aliphatic carbocycles. The van der Waals surface area contributed by atoms with Crippen molar-refractivity contribution in [1.82, 2.24) is 0 Å². The molecule has 0 saturated carbocycles. The van der Waals surface area contributed by atoms with Gasteiger partial charge >= 0.3 is 0 Å². The molecule has 1 atom stereocenters. The zero-order valence-corrected chi connectivity index (χ0v) is 18.2. The third kappa shape index (κ3) is 4.11. The number of aliphatic hydroxyl groups excluding tert-OH is 1. The summed E-state index contributed by atoms with van der Waals surface area (Å²) >= 11 is 0. The fraction of sp³-hybridized carbons (Fsp3) is 0.360. The summed E-state index contributed by atoms with van der Waals surface area (Å²) in [7, 11) is 0. The normalized spacial score (nSPS) is 16.7. The molecule has 30 heavy (non-hydrogen) atoms. The van der Waals surface area contributed by atoms with Crippen LogP contribution in [-0.2, 0) is 9.59 Å². The van der Waals surface area contributed by atoms with E-state index >= 15 is 0 Å². The van der Waals surface area contributed by atoms with E-state index in [1.54, 1.807) is 6.92 Å². The summed E-state index contributed by atoms with van der Waals surface area (Å²) in [4.78, 5) is 27.2. The Labute approximate surface area is 178 Å². The first-order chi connectivity index (χ1) is 14.2. The number of ether oxygens (including phenoxy) is 1. The maximum absolute atomic E-state index is 13.0. The highest BCUT2D eigenvalue weighted by atomic mass is 16.5. The van der Waals surface area contributed by atoms with E-state index in [0.29, 0.717) is 17.4 Å². The molecule has 1 heterocycles. The topological polar surface area (TPSA) is 66.8 Å². The zero-order chi connectivity index (χ0) is 22.0. The summed E-state index contributed by atoms with van der Waals surface area (Å²) in [5.41, 5.74) is 2.68. The Hall–Kier alpha value is -3.08. The van der Waals surface area contributed by atoms with E-state index in [0.717, 1.165) is 11.1 Å². The highest BCUT2D eigenvalue weighted by Crippen LogP contribution is 2.41. The van der Waals surface area contributed by atoms with E-state index in [1.165, 1.54) is 4.90 Å². The van der Waals surface area contributed by atoms with Crippen LogP contribution in [0.25, 0.3) is 0 Å². The van der Waals surface area contributed by atoms with Crippen LogP contribution in [0.15, 0.2) is 59.9 Å². The lowest BCUT2D eigenvalue weighted by atomic mass is 9.94. The number of amides is 1. The Morgan fingerprint density at radius 2 is 1.63 bits per heavy atom. The highest BCUT2D eigenvalue weighted by Gasteiger charge is 2.43. The van der Waals surface area contributed by atoms with Crippen LogP contribution in [-0.4, -0.2) is 22.9 Å². The maximum Gasteiger partial charge on any atom is 0.294 e. The molecule has 0 spiro atoms. The van der Waals surface area contributed by atoms with Crippen LogP contribution < -0.4 is 9.64 Å². The minimum atomic E-state index is -0.678. The van der Waals surface area contributed by atoms with Gasteiger partial charge in [0.2, 0.25) is 0 Å². The van der Waals surface area contributed by atoms with Gasteiger partial charge in [0.15, 0.2) is 11.5 Å². The van der Waals surface area contributed by atoms with Crippen LogP contribution in [0, 0.1) is 0 Å². The summed E-state index contributed by atoms with van der Waals surface area (Å²) in [6.45, 7) is 9.83. The van der Waals surface area contributed by atoms with E-state index in [9.17, 15) is 14.7 Å². The molecular weight excluding hydrogens is 378 g/mol. The van der Waals surface area contributed by atoms with E-state index < -0.39 is 17.7 Å². The molecule has 1 N–H and O–H groups in total. The maximum atomic E-state index is 13.0. The number of nitrogens with zero attached hydrogens (tertiary/aromatic N) is 1. The summed E-state index contributed by atoms with van der Waals surface area (Å²) < 4.78 is 5.71. The number of ketones is 1. The molecule has 0 bridgehead atoms. The lowest BCUT2D eigenvalue weighted by Gasteiger charge is -2.27. The SMILES string of the molecule is CCC(=O)C1=C(O)C(=O)N(c2ccc(C(C)C)cc2)C1c1ccc(OC(C)C)cc1. The molecule has 0 aromatic heterocycles. The quantitative estimate of drug-likeness (QED) is 0.660.